The van der Waals surface area contributed by atoms with Crippen molar-refractivity contribution in [2.75, 3.05) is 0 Å². The highest BCUT2D eigenvalue weighted by molar-refractivity contribution is 6.18. The van der Waals surface area contributed by atoms with Crippen LogP contribution >= 0.6 is 0 Å². The van der Waals surface area contributed by atoms with Crippen molar-refractivity contribution in [1.29, 1.82) is 0 Å². The van der Waals surface area contributed by atoms with E-state index in [1.807, 2.05) is 0 Å². The molecular weight excluding hydrogens is 194 g/mol. The molecule has 4 heteroatoms. The average molecular weight is 203 g/mol. The standard InChI is InChI=1S/C11H9NO3/c13-9-6-8(11(15)12-9)10(14)7-4-2-1-3-5-7/h1-5,8H,6H2,(H,12,13,15). The summed E-state index contributed by atoms with van der Waals surface area (Å²) in [7, 11) is 0. The van der Waals surface area contributed by atoms with Crippen molar-refractivity contribution in [3.8, 4) is 0 Å². The van der Waals surface area contributed by atoms with Crippen LogP contribution in [0.3, 0.4) is 0 Å². The third kappa shape index (κ3) is 1.79. The summed E-state index contributed by atoms with van der Waals surface area (Å²) in [5.74, 6) is -2.01. The molecule has 1 heterocycles. The van der Waals surface area contributed by atoms with Gasteiger partial charge in [-0.3, -0.25) is 19.7 Å². The van der Waals surface area contributed by atoms with Gasteiger partial charge in [-0.15, -0.1) is 0 Å². The summed E-state index contributed by atoms with van der Waals surface area (Å²) in [5, 5.41) is 2.12. The van der Waals surface area contributed by atoms with Crippen LogP contribution in [-0.2, 0) is 9.59 Å². The Balaban J connectivity index is 2.23. The van der Waals surface area contributed by atoms with Gasteiger partial charge in [0.25, 0.3) is 0 Å². The van der Waals surface area contributed by atoms with Gasteiger partial charge in [-0.2, -0.15) is 0 Å². The van der Waals surface area contributed by atoms with Crippen molar-refractivity contribution >= 4 is 17.6 Å². The van der Waals surface area contributed by atoms with E-state index in [4.69, 9.17) is 0 Å². The fourth-order valence-corrected chi connectivity index (χ4v) is 1.57. The van der Waals surface area contributed by atoms with Gasteiger partial charge in [-0.05, 0) is 0 Å². The second kappa shape index (κ2) is 3.65. The van der Waals surface area contributed by atoms with Crippen molar-refractivity contribution in [2.45, 2.75) is 6.42 Å². The van der Waals surface area contributed by atoms with E-state index in [2.05, 4.69) is 5.32 Å². The number of hydrogen-bond donors (Lipinski definition) is 1. The molecule has 1 aliphatic heterocycles. The van der Waals surface area contributed by atoms with E-state index in [0.717, 1.165) is 0 Å². The number of ketones is 1. The summed E-state index contributed by atoms with van der Waals surface area (Å²) >= 11 is 0. The average Bonchev–Trinajstić information content (AvgIpc) is 2.58. The number of Topliss-reactive ketones (excluding diaryl/α,β-unsaturated/α-hetero) is 1. The van der Waals surface area contributed by atoms with Crippen LogP contribution in [0.4, 0.5) is 0 Å². The van der Waals surface area contributed by atoms with Gasteiger partial charge in [0.15, 0.2) is 5.78 Å². The van der Waals surface area contributed by atoms with Gasteiger partial charge in [-0.1, -0.05) is 30.3 Å². The number of carbonyl (C=O) groups excluding carboxylic acids is 3. The Bertz CT molecular complexity index is 425. The van der Waals surface area contributed by atoms with Crippen molar-refractivity contribution in [1.82, 2.24) is 5.32 Å². The highest BCUT2D eigenvalue weighted by Gasteiger charge is 2.36. The minimum Gasteiger partial charge on any atom is -0.296 e. The second-order valence-electron chi connectivity index (χ2n) is 3.40. The number of amides is 2. The maximum Gasteiger partial charge on any atom is 0.238 e. The zero-order valence-corrected chi connectivity index (χ0v) is 7.90. The van der Waals surface area contributed by atoms with Gasteiger partial charge in [0, 0.05) is 12.0 Å². The quantitative estimate of drug-likeness (QED) is 0.433. The van der Waals surface area contributed by atoms with Gasteiger partial charge < -0.3 is 0 Å². The molecule has 0 spiro atoms. The maximum atomic E-state index is 11.8. The van der Waals surface area contributed by atoms with E-state index in [-0.39, 0.29) is 18.1 Å². The number of benzene rings is 1. The Morgan fingerprint density at radius 3 is 2.40 bits per heavy atom. The van der Waals surface area contributed by atoms with E-state index in [0.29, 0.717) is 5.56 Å². The molecule has 0 aromatic heterocycles. The number of imide groups is 1. The fraction of sp³-hybridized carbons (Fsp3) is 0.182. The van der Waals surface area contributed by atoms with Crippen molar-refractivity contribution in [3.05, 3.63) is 35.9 Å². The molecule has 0 radical (unpaired) electrons. The lowest BCUT2D eigenvalue weighted by molar-refractivity contribution is -0.125. The van der Waals surface area contributed by atoms with Crippen molar-refractivity contribution in [3.63, 3.8) is 0 Å². The monoisotopic (exact) mass is 203 g/mol. The van der Waals surface area contributed by atoms with Crippen LogP contribution in [0.1, 0.15) is 16.8 Å². The van der Waals surface area contributed by atoms with Gasteiger partial charge in [0.2, 0.25) is 11.8 Å². The summed E-state index contributed by atoms with van der Waals surface area (Å²) in [4.78, 5) is 34.0. The van der Waals surface area contributed by atoms with Crippen LogP contribution in [0.15, 0.2) is 30.3 Å². The molecular formula is C11H9NO3. The highest BCUT2D eigenvalue weighted by atomic mass is 16.2. The smallest absolute Gasteiger partial charge is 0.238 e. The number of hydrogen-bond acceptors (Lipinski definition) is 3. The molecule has 4 nitrogen and oxygen atoms in total. The number of nitrogens with one attached hydrogen (secondary N) is 1. The van der Waals surface area contributed by atoms with Crippen molar-refractivity contribution < 1.29 is 14.4 Å². The molecule has 1 fully saturated rings. The number of rotatable bonds is 2. The van der Waals surface area contributed by atoms with Gasteiger partial charge in [0.1, 0.15) is 5.92 Å². The summed E-state index contributed by atoms with van der Waals surface area (Å²) in [6.45, 7) is 0. The van der Waals surface area contributed by atoms with Crippen LogP contribution < -0.4 is 5.32 Å². The fourth-order valence-electron chi connectivity index (χ4n) is 1.57. The normalized spacial score (nSPS) is 20.1. The molecule has 1 atom stereocenters. The molecule has 1 unspecified atom stereocenters. The molecule has 15 heavy (non-hydrogen) atoms. The van der Waals surface area contributed by atoms with Gasteiger partial charge >= 0.3 is 0 Å². The topological polar surface area (TPSA) is 63.2 Å². The molecule has 1 saturated heterocycles. The molecule has 2 amide bonds. The molecule has 1 aromatic carbocycles. The summed E-state index contributed by atoms with van der Waals surface area (Å²) in [6.07, 6.45) is -0.0352. The molecule has 1 aliphatic rings. The van der Waals surface area contributed by atoms with Crippen LogP contribution in [0.2, 0.25) is 0 Å². The predicted molar refractivity (Wildman–Crippen MR) is 52.0 cm³/mol. The van der Waals surface area contributed by atoms with Crippen LogP contribution in [0, 0.1) is 5.92 Å². The lowest BCUT2D eigenvalue weighted by Gasteiger charge is -2.03. The first kappa shape index (κ1) is 9.58. The Morgan fingerprint density at radius 1 is 1.20 bits per heavy atom. The first-order valence-corrected chi connectivity index (χ1v) is 4.61. The van der Waals surface area contributed by atoms with E-state index >= 15 is 0 Å². The van der Waals surface area contributed by atoms with E-state index < -0.39 is 11.8 Å². The largest absolute Gasteiger partial charge is 0.296 e. The predicted octanol–water partition coefficient (Wildman–Crippen LogP) is 0.532. The Labute approximate surface area is 86.3 Å². The van der Waals surface area contributed by atoms with E-state index in [9.17, 15) is 14.4 Å². The Kier molecular flexibility index (Phi) is 2.33. The first-order chi connectivity index (χ1) is 7.18. The minimum atomic E-state index is -0.847. The Hall–Kier alpha value is -1.97. The maximum absolute atomic E-state index is 11.8. The molecule has 76 valence electrons. The summed E-state index contributed by atoms with van der Waals surface area (Å²) in [5.41, 5.74) is 0.465. The summed E-state index contributed by atoms with van der Waals surface area (Å²) in [6, 6.07) is 8.51. The van der Waals surface area contributed by atoms with Crippen molar-refractivity contribution in [2.24, 2.45) is 5.92 Å². The van der Waals surface area contributed by atoms with Crippen LogP contribution in [0.5, 0.6) is 0 Å². The van der Waals surface area contributed by atoms with E-state index in [1.165, 1.54) is 0 Å². The van der Waals surface area contributed by atoms with Crippen LogP contribution in [-0.4, -0.2) is 17.6 Å². The molecule has 0 saturated carbocycles. The molecule has 1 N–H and O–H groups in total. The van der Waals surface area contributed by atoms with Crippen LogP contribution in [0.25, 0.3) is 0 Å². The molecule has 0 bridgehead atoms. The second-order valence-corrected chi connectivity index (χ2v) is 3.40. The van der Waals surface area contributed by atoms with Gasteiger partial charge in [0.05, 0.1) is 0 Å². The zero-order chi connectivity index (χ0) is 10.8. The molecule has 0 aliphatic carbocycles. The first-order valence-electron chi connectivity index (χ1n) is 4.61. The highest BCUT2D eigenvalue weighted by Crippen LogP contribution is 2.16. The van der Waals surface area contributed by atoms with Gasteiger partial charge in [-0.25, -0.2) is 0 Å². The molecule has 1 aromatic rings. The molecule has 2 rings (SSSR count). The number of carbonyl (C=O) groups is 3. The zero-order valence-electron chi connectivity index (χ0n) is 7.90. The SMILES string of the molecule is O=C1CC(C(=O)c2ccccc2)C(=O)N1. The Morgan fingerprint density at radius 2 is 1.87 bits per heavy atom. The lowest BCUT2D eigenvalue weighted by Crippen LogP contribution is -2.26. The lowest BCUT2D eigenvalue weighted by atomic mass is 9.96. The summed E-state index contributed by atoms with van der Waals surface area (Å²) < 4.78 is 0. The van der Waals surface area contributed by atoms with E-state index in [1.54, 1.807) is 30.3 Å². The minimum absolute atomic E-state index is 0.0352. The third-order valence-corrected chi connectivity index (χ3v) is 2.34. The third-order valence-electron chi connectivity index (χ3n) is 2.34.